The third-order valence-electron chi connectivity index (χ3n) is 3.54. The lowest BCUT2D eigenvalue weighted by molar-refractivity contribution is -0.137. The number of allylic oxidation sites excluding steroid dienone is 1. The fraction of sp³-hybridized carbons (Fsp3) is 0.400. The van der Waals surface area contributed by atoms with E-state index in [2.05, 4.69) is 0 Å². The van der Waals surface area contributed by atoms with Crippen LogP contribution in [0.1, 0.15) is 24.5 Å². The minimum Gasteiger partial charge on any atom is -0.338 e. The highest BCUT2D eigenvalue weighted by molar-refractivity contribution is 5.95. The first-order valence-electron chi connectivity index (χ1n) is 6.68. The summed E-state index contributed by atoms with van der Waals surface area (Å²) in [6.45, 7) is 2.85. The van der Waals surface area contributed by atoms with Crippen molar-refractivity contribution in [2.45, 2.75) is 25.6 Å². The summed E-state index contributed by atoms with van der Waals surface area (Å²) in [4.78, 5) is 13.7. The standard InChI is InChI=1S/C15H17F3N2O/c1-10(8-14(21)20-7-6-13(19)9-20)11-2-4-12(5-3-11)15(16,17)18/h2-5,8,13H,6-7,9,19H2,1H3/t13-/m1/s1. The Hall–Kier alpha value is -1.82. The second kappa shape index (κ2) is 5.89. The Kier molecular flexibility index (Phi) is 4.37. The SMILES string of the molecule is CC(=CC(=O)N1CC[C@@H](N)C1)c1ccc(C(F)(F)F)cc1. The van der Waals surface area contributed by atoms with Gasteiger partial charge in [-0.05, 0) is 36.6 Å². The average molecular weight is 298 g/mol. The van der Waals surface area contributed by atoms with Gasteiger partial charge in [-0.1, -0.05) is 12.1 Å². The number of nitrogens with zero attached hydrogens (tertiary/aromatic N) is 1. The van der Waals surface area contributed by atoms with Crippen LogP contribution in [0.5, 0.6) is 0 Å². The van der Waals surface area contributed by atoms with Gasteiger partial charge in [0, 0.05) is 25.2 Å². The van der Waals surface area contributed by atoms with Crippen molar-refractivity contribution >= 4 is 11.5 Å². The predicted octanol–water partition coefficient (Wildman–Crippen LogP) is 2.67. The van der Waals surface area contributed by atoms with Gasteiger partial charge >= 0.3 is 6.18 Å². The molecule has 0 unspecified atom stereocenters. The van der Waals surface area contributed by atoms with Crippen molar-refractivity contribution in [3.8, 4) is 0 Å². The number of carbonyl (C=O) groups excluding carboxylic acids is 1. The van der Waals surface area contributed by atoms with Crippen molar-refractivity contribution < 1.29 is 18.0 Å². The highest BCUT2D eigenvalue weighted by Crippen LogP contribution is 2.30. The maximum atomic E-state index is 12.5. The van der Waals surface area contributed by atoms with E-state index in [4.69, 9.17) is 5.73 Å². The van der Waals surface area contributed by atoms with Crippen LogP contribution >= 0.6 is 0 Å². The number of hydrogen-bond acceptors (Lipinski definition) is 2. The molecule has 0 aromatic heterocycles. The third kappa shape index (κ3) is 3.85. The van der Waals surface area contributed by atoms with Gasteiger partial charge in [-0.15, -0.1) is 0 Å². The Morgan fingerprint density at radius 2 is 1.95 bits per heavy atom. The minimum atomic E-state index is -4.35. The Labute approximate surface area is 121 Å². The largest absolute Gasteiger partial charge is 0.416 e. The van der Waals surface area contributed by atoms with E-state index >= 15 is 0 Å². The summed E-state index contributed by atoms with van der Waals surface area (Å²) in [5.41, 5.74) is 6.27. The van der Waals surface area contributed by atoms with Crippen molar-refractivity contribution in [1.82, 2.24) is 4.90 Å². The van der Waals surface area contributed by atoms with E-state index in [-0.39, 0.29) is 11.9 Å². The fourth-order valence-corrected chi connectivity index (χ4v) is 2.27. The summed E-state index contributed by atoms with van der Waals surface area (Å²) in [5.74, 6) is -0.152. The van der Waals surface area contributed by atoms with Crippen molar-refractivity contribution in [3.05, 3.63) is 41.5 Å². The molecule has 1 aliphatic rings. The number of amides is 1. The Balaban J connectivity index is 2.10. The normalized spacial score (nSPS) is 20.0. The Morgan fingerprint density at radius 3 is 2.43 bits per heavy atom. The van der Waals surface area contributed by atoms with E-state index in [1.54, 1.807) is 11.8 Å². The van der Waals surface area contributed by atoms with Crippen molar-refractivity contribution in [1.29, 1.82) is 0 Å². The molecule has 21 heavy (non-hydrogen) atoms. The quantitative estimate of drug-likeness (QED) is 0.853. The first-order valence-corrected chi connectivity index (χ1v) is 6.68. The van der Waals surface area contributed by atoms with E-state index in [0.29, 0.717) is 24.2 Å². The number of nitrogens with two attached hydrogens (primary N) is 1. The maximum absolute atomic E-state index is 12.5. The molecule has 1 heterocycles. The lowest BCUT2D eigenvalue weighted by atomic mass is 10.0. The molecule has 0 aliphatic carbocycles. The Bertz CT molecular complexity index is 549. The number of halogens is 3. The molecule has 0 radical (unpaired) electrons. The summed E-state index contributed by atoms with van der Waals surface area (Å²) in [6.07, 6.45) is -2.13. The second-order valence-electron chi connectivity index (χ2n) is 5.24. The van der Waals surface area contributed by atoms with E-state index in [1.807, 2.05) is 0 Å². The van der Waals surface area contributed by atoms with E-state index in [1.165, 1.54) is 18.2 Å². The Morgan fingerprint density at radius 1 is 1.33 bits per heavy atom. The molecule has 114 valence electrons. The van der Waals surface area contributed by atoms with Crippen LogP contribution in [0.4, 0.5) is 13.2 Å². The smallest absolute Gasteiger partial charge is 0.338 e. The molecule has 3 nitrogen and oxygen atoms in total. The first-order chi connectivity index (χ1) is 9.77. The second-order valence-corrected chi connectivity index (χ2v) is 5.24. The minimum absolute atomic E-state index is 0.00808. The topological polar surface area (TPSA) is 46.3 Å². The summed E-state index contributed by atoms with van der Waals surface area (Å²) in [6, 6.07) is 4.79. The molecule has 1 aromatic carbocycles. The average Bonchev–Trinajstić information content (AvgIpc) is 2.84. The van der Waals surface area contributed by atoms with E-state index in [0.717, 1.165) is 18.6 Å². The molecule has 1 amide bonds. The van der Waals surface area contributed by atoms with Gasteiger partial charge in [-0.25, -0.2) is 0 Å². The van der Waals surface area contributed by atoms with Crippen LogP contribution in [-0.4, -0.2) is 29.9 Å². The third-order valence-corrected chi connectivity index (χ3v) is 3.54. The highest BCUT2D eigenvalue weighted by Gasteiger charge is 2.30. The lowest BCUT2D eigenvalue weighted by Crippen LogP contribution is -2.30. The zero-order chi connectivity index (χ0) is 15.6. The van der Waals surface area contributed by atoms with Crippen LogP contribution in [0, 0.1) is 0 Å². The molecule has 1 aromatic rings. The van der Waals surface area contributed by atoms with Gasteiger partial charge in [0.15, 0.2) is 0 Å². The number of likely N-dealkylation sites (tertiary alicyclic amines) is 1. The lowest BCUT2D eigenvalue weighted by Gasteiger charge is -2.14. The molecular formula is C15H17F3N2O. The number of carbonyl (C=O) groups is 1. The molecule has 0 bridgehead atoms. The zero-order valence-corrected chi connectivity index (χ0v) is 11.7. The van der Waals surface area contributed by atoms with Gasteiger partial charge in [-0.3, -0.25) is 4.79 Å². The fourth-order valence-electron chi connectivity index (χ4n) is 2.27. The number of rotatable bonds is 2. The summed E-state index contributed by atoms with van der Waals surface area (Å²) in [7, 11) is 0. The van der Waals surface area contributed by atoms with Gasteiger partial charge < -0.3 is 10.6 Å². The van der Waals surface area contributed by atoms with Crippen molar-refractivity contribution in [2.24, 2.45) is 5.73 Å². The maximum Gasteiger partial charge on any atom is 0.416 e. The molecule has 0 spiro atoms. The zero-order valence-electron chi connectivity index (χ0n) is 11.7. The van der Waals surface area contributed by atoms with Gasteiger partial charge in [0.2, 0.25) is 5.91 Å². The van der Waals surface area contributed by atoms with Crippen LogP contribution in [0.15, 0.2) is 30.3 Å². The predicted molar refractivity (Wildman–Crippen MR) is 74.3 cm³/mol. The summed E-state index contributed by atoms with van der Waals surface area (Å²) in [5, 5.41) is 0. The number of benzene rings is 1. The summed E-state index contributed by atoms with van der Waals surface area (Å²) < 4.78 is 37.5. The molecular weight excluding hydrogens is 281 g/mol. The van der Waals surface area contributed by atoms with Crippen LogP contribution in [-0.2, 0) is 11.0 Å². The van der Waals surface area contributed by atoms with Crippen molar-refractivity contribution in [2.75, 3.05) is 13.1 Å². The highest BCUT2D eigenvalue weighted by atomic mass is 19.4. The van der Waals surface area contributed by atoms with Gasteiger partial charge in [0.25, 0.3) is 0 Å². The van der Waals surface area contributed by atoms with Crippen LogP contribution in [0.3, 0.4) is 0 Å². The van der Waals surface area contributed by atoms with Gasteiger partial charge in [0.05, 0.1) is 5.56 Å². The van der Waals surface area contributed by atoms with E-state index < -0.39 is 11.7 Å². The molecule has 1 aliphatic heterocycles. The molecule has 0 saturated carbocycles. The molecule has 2 rings (SSSR count). The van der Waals surface area contributed by atoms with Crippen molar-refractivity contribution in [3.63, 3.8) is 0 Å². The van der Waals surface area contributed by atoms with Crippen LogP contribution in [0.25, 0.3) is 5.57 Å². The molecule has 1 atom stereocenters. The summed E-state index contributed by atoms with van der Waals surface area (Å²) >= 11 is 0. The monoisotopic (exact) mass is 298 g/mol. The van der Waals surface area contributed by atoms with Gasteiger partial charge in [0.1, 0.15) is 0 Å². The molecule has 1 saturated heterocycles. The van der Waals surface area contributed by atoms with E-state index in [9.17, 15) is 18.0 Å². The van der Waals surface area contributed by atoms with Gasteiger partial charge in [-0.2, -0.15) is 13.2 Å². The van der Waals surface area contributed by atoms with Crippen LogP contribution < -0.4 is 5.73 Å². The molecule has 1 fully saturated rings. The number of alkyl halides is 3. The van der Waals surface area contributed by atoms with Crippen LogP contribution in [0.2, 0.25) is 0 Å². The first kappa shape index (κ1) is 15.6. The molecule has 2 N–H and O–H groups in total. The molecule has 6 heteroatoms. The number of hydrogen-bond donors (Lipinski definition) is 1.